The van der Waals surface area contributed by atoms with Crippen molar-refractivity contribution in [2.75, 3.05) is 26.8 Å². The van der Waals surface area contributed by atoms with E-state index in [0.717, 1.165) is 12.0 Å². The van der Waals surface area contributed by atoms with E-state index in [1.54, 1.807) is 37.4 Å². The molecule has 0 heterocycles. The van der Waals surface area contributed by atoms with Gasteiger partial charge in [0.1, 0.15) is 0 Å². The molecule has 162 valence electrons. The SMILES string of the molecule is COCCNC(=O)CC1CC(C(C)C)C(CNS(=O)(=O)c2ccccc2)C=C1C. The van der Waals surface area contributed by atoms with Crippen molar-refractivity contribution in [1.29, 1.82) is 0 Å². The van der Waals surface area contributed by atoms with Gasteiger partial charge in [0.15, 0.2) is 0 Å². The number of rotatable bonds is 10. The summed E-state index contributed by atoms with van der Waals surface area (Å²) < 4.78 is 32.9. The minimum absolute atomic E-state index is 0.0329. The van der Waals surface area contributed by atoms with Crippen LogP contribution in [0.25, 0.3) is 0 Å². The molecule has 0 aromatic heterocycles. The number of carbonyl (C=O) groups excluding carboxylic acids is 1. The molecule has 0 radical (unpaired) electrons. The Kier molecular flexibility index (Phi) is 8.86. The van der Waals surface area contributed by atoms with Crippen molar-refractivity contribution in [3.63, 3.8) is 0 Å². The minimum atomic E-state index is -3.53. The van der Waals surface area contributed by atoms with Gasteiger partial charge in [0.2, 0.25) is 15.9 Å². The van der Waals surface area contributed by atoms with E-state index in [4.69, 9.17) is 4.74 Å². The van der Waals surface area contributed by atoms with Gasteiger partial charge < -0.3 is 10.1 Å². The third-order valence-electron chi connectivity index (χ3n) is 5.71. The van der Waals surface area contributed by atoms with Crippen LogP contribution in [0.5, 0.6) is 0 Å². The van der Waals surface area contributed by atoms with Crippen LogP contribution in [0, 0.1) is 23.7 Å². The molecule has 0 aliphatic heterocycles. The summed E-state index contributed by atoms with van der Waals surface area (Å²) >= 11 is 0. The monoisotopic (exact) mass is 422 g/mol. The average molecular weight is 423 g/mol. The maximum atomic E-state index is 12.6. The van der Waals surface area contributed by atoms with E-state index in [1.807, 2.05) is 6.92 Å². The molecular formula is C22H34N2O4S. The van der Waals surface area contributed by atoms with Crippen LogP contribution in [0.3, 0.4) is 0 Å². The highest BCUT2D eigenvalue weighted by Gasteiger charge is 2.33. The molecule has 0 saturated heterocycles. The second kappa shape index (κ2) is 10.9. The second-order valence-electron chi connectivity index (χ2n) is 8.13. The van der Waals surface area contributed by atoms with Crippen LogP contribution in [0.2, 0.25) is 0 Å². The van der Waals surface area contributed by atoms with Gasteiger partial charge in [-0.3, -0.25) is 4.79 Å². The van der Waals surface area contributed by atoms with E-state index in [-0.39, 0.29) is 22.6 Å². The Hall–Kier alpha value is -1.70. The maximum Gasteiger partial charge on any atom is 0.240 e. The maximum absolute atomic E-state index is 12.6. The van der Waals surface area contributed by atoms with E-state index in [9.17, 15) is 13.2 Å². The molecule has 3 atom stereocenters. The van der Waals surface area contributed by atoms with Crippen LogP contribution < -0.4 is 10.0 Å². The summed E-state index contributed by atoms with van der Waals surface area (Å²) in [7, 11) is -1.92. The fraction of sp³-hybridized carbons (Fsp3) is 0.591. The highest BCUT2D eigenvalue weighted by molar-refractivity contribution is 7.89. The number of allylic oxidation sites excluding steroid dienone is 1. The molecule has 1 aliphatic carbocycles. The van der Waals surface area contributed by atoms with Crippen LogP contribution in [0.4, 0.5) is 0 Å². The smallest absolute Gasteiger partial charge is 0.240 e. The van der Waals surface area contributed by atoms with Crippen molar-refractivity contribution in [2.24, 2.45) is 23.7 Å². The van der Waals surface area contributed by atoms with E-state index in [0.29, 0.717) is 38.0 Å². The average Bonchev–Trinajstić information content (AvgIpc) is 2.68. The van der Waals surface area contributed by atoms with Crippen molar-refractivity contribution in [1.82, 2.24) is 10.0 Å². The van der Waals surface area contributed by atoms with Gasteiger partial charge in [0, 0.05) is 26.6 Å². The molecule has 29 heavy (non-hydrogen) atoms. The van der Waals surface area contributed by atoms with E-state index >= 15 is 0 Å². The first kappa shape index (κ1) is 23.6. The molecule has 1 aromatic carbocycles. The number of nitrogens with one attached hydrogen (secondary N) is 2. The quantitative estimate of drug-likeness (QED) is 0.448. The summed E-state index contributed by atoms with van der Waals surface area (Å²) in [5.74, 6) is 1.04. The standard InChI is InChI=1S/C22H34N2O4S/c1-16(2)21-13-18(14-22(25)23-10-11-28-4)17(3)12-19(21)15-24-29(26,27)20-8-6-5-7-9-20/h5-9,12,16,18-19,21,24H,10-11,13-15H2,1-4H3,(H,23,25). The number of carbonyl (C=O) groups is 1. The molecule has 0 saturated carbocycles. The van der Waals surface area contributed by atoms with E-state index < -0.39 is 10.0 Å². The topological polar surface area (TPSA) is 84.5 Å². The summed E-state index contributed by atoms with van der Waals surface area (Å²) in [5, 5.41) is 2.89. The molecule has 2 rings (SSSR count). The summed E-state index contributed by atoms with van der Waals surface area (Å²) in [4.78, 5) is 12.5. The Morgan fingerprint density at radius 2 is 1.93 bits per heavy atom. The number of benzene rings is 1. The summed E-state index contributed by atoms with van der Waals surface area (Å²) in [6, 6.07) is 8.44. The predicted octanol–water partition coefficient (Wildman–Crippen LogP) is 2.97. The van der Waals surface area contributed by atoms with Gasteiger partial charge in [-0.15, -0.1) is 0 Å². The van der Waals surface area contributed by atoms with Crippen LogP contribution in [-0.2, 0) is 19.6 Å². The second-order valence-corrected chi connectivity index (χ2v) is 9.89. The van der Waals surface area contributed by atoms with Crippen LogP contribution in [0.15, 0.2) is 46.9 Å². The molecule has 0 spiro atoms. The minimum Gasteiger partial charge on any atom is -0.383 e. The van der Waals surface area contributed by atoms with Crippen LogP contribution in [-0.4, -0.2) is 41.1 Å². The first-order valence-corrected chi connectivity index (χ1v) is 11.7. The normalized spacial score (nSPS) is 22.4. The zero-order valence-corrected chi connectivity index (χ0v) is 18.7. The van der Waals surface area contributed by atoms with Crippen molar-refractivity contribution in [3.8, 4) is 0 Å². The lowest BCUT2D eigenvalue weighted by Gasteiger charge is -2.37. The van der Waals surface area contributed by atoms with Gasteiger partial charge in [0.25, 0.3) is 0 Å². The number of hydrogen-bond donors (Lipinski definition) is 2. The highest BCUT2D eigenvalue weighted by Crippen LogP contribution is 2.38. The van der Waals surface area contributed by atoms with Crippen molar-refractivity contribution < 1.29 is 17.9 Å². The van der Waals surface area contributed by atoms with Crippen LogP contribution in [0.1, 0.15) is 33.6 Å². The van der Waals surface area contributed by atoms with Gasteiger partial charge in [-0.2, -0.15) is 0 Å². The Labute approximate surface area is 175 Å². The van der Waals surface area contributed by atoms with Gasteiger partial charge in [-0.05, 0) is 49.1 Å². The Bertz CT molecular complexity index is 790. The fourth-order valence-corrected chi connectivity index (χ4v) is 5.08. The van der Waals surface area contributed by atoms with Gasteiger partial charge >= 0.3 is 0 Å². The van der Waals surface area contributed by atoms with Crippen molar-refractivity contribution in [2.45, 2.75) is 38.5 Å². The van der Waals surface area contributed by atoms with Crippen LogP contribution >= 0.6 is 0 Å². The third-order valence-corrected chi connectivity index (χ3v) is 7.15. The number of hydrogen-bond acceptors (Lipinski definition) is 4. The van der Waals surface area contributed by atoms with Crippen molar-refractivity contribution >= 4 is 15.9 Å². The lowest BCUT2D eigenvalue weighted by molar-refractivity contribution is -0.122. The van der Waals surface area contributed by atoms with Gasteiger partial charge in [-0.25, -0.2) is 13.1 Å². The number of ether oxygens (including phenoxy) is 1. The number of methoxy groups -OCH3 is 1. The Morgan fingerprint density at radius 1 is 1.24 bits per heavy atom. The van der Waals surface area contributed by atoms with E-state index in [1.165, 1.54) is 0 Å². The largest absolute Gasteiger partial charge is 0.383 e. The first-order valence-electron chi connectivity index (χ1n) is 10.2. The molecular weight excluding hydrogens is 388 g/mol. The fourth-order valence-electron chi connectivity index (χ4n) is 3.99. The highest BCUT2D eigenvalue weighted by atomic mass is 32.2. The molecule has 0 bridgehead atoms. The molecule has 6 nitrogen and oxygen atoms in total. The lowest BCUT2D eigenvalue weighted by atomic mass is 9.70. The summed E-state index contributed by atoms with van der Waals surface area (Å²) in [6.07, 6.45) is 3.50. The first-order chi connectivity index (χ1) is 13.7. The van der Waals surface area contributed by atoms with Gasteiger partial charge in [-0.1, -0.05) is 43.7 Å². The number of amides is 1. The third kappa shape index (κ3) is 6.94. The molecule has 0 fully saturated rings. The summed E-state index contributed by atoms with van der Waals surface area (Å²) in [6.45, 7) is 7.75. The van der Waals surface area contributed by atoms with Crippen molar-refractivity contribution in [3.05, 3.63) is 42.0 Å². The molecule has 2 N–H and O–H groups in total. The lowest BCUT2D eigenvalue weighted by Crippen LogP contribution is -2.38. The van der Waals surface area contributed by atoms with E-state index in [2.05, 4.69) is 30.0 Å². The Balaban J connectivity index is 2.04. The van der Waals surface area contributed by atoms with Gasteiger partial charge in [0.05, 0.1) is 11.5 Å². The molecule has 1 aromatic rings. The predicted molar refractivity (Wildman–Crippen MR) is 115 cm³/mol. The molecule has 3 unspecified atom stereocenters. The molecule has 7 heteroatoms. The summed E-state index contributed by atoms with van der Waals surface area (Å²) in [5.41, 5.74) is 1.16. The molecule has 1 aliphatic rings. The number of sulfonamides is 1. The molecule has 1 amide bonds. The Morgan fingerprint density at radius 3 is 2.55 bits per heavy atom. The zero-order valence-electron chi connectivity index (χ0n) is 17.9. The zero-order chi connectivity index (χ0) is 21.4.